The van der Waals surface area contributed by atoms with Crippen molar-refractivity contribution in [3.8, 4) is 5.75 Å². The summed E-state index contributed by atoms with van der Waals surface area (Å²) >= 11 is 0. The number of carbonyl (C=O) groups is 1. The molecule has 310 valence electrons. The summed E-state index contributed by atoms with van der Waals surface area (Å²) in [4.78, 5) is 12.7. The highest BCUT2D eigenvalue weighted by atomic mass is 28.4. The van der Waals surface area contributed by atoms with E-state index < -0.39 is 25.0 Å². The van der Waals surface area contributed by atoms with Crippen LogP contribution in [0.5, 0.6) is 5.75 Å². The van der Waals surface area contributed by atoms with Gasteiger partial charge < -0.3 is 32.2 Å². The van der Waals surface area contributed by atoms with E-state index in [1.165, 1.54) is 10.4 Å². The second kappa shape index (κ2) is 20.9. The van der Waals surface area contributed by atoms with Crippen molar-refractivity contribution in [3.63, 3.8) is 0 Å². The van der Waals surface area contributed by atoms with Crippen LogP contribution in [0.2, 0.25) is 44.3 Å². The van der Waals surface area contributed by atoms with Crippen LogP contribution in [0.4, 0.5) is 0 Å². The van der Waals surface area contributed by atoms with Gasteiger partial charge in [0.2, 0.25) is 0 Å². The van der Waals surface area contributed by atoms with Gasteiger partial charge in [-0.2, -0.15) is 0 Å². The summed E-state index contributed by atoms with van der Waals surface area (Å²) in [5, 5.41) is 2.39. The first-order valence-electron chi connectivity index (χ1n) is 20.6. The zero-order valence-corrected chi connectivity index (χ0v) is 39.1. The Labute approximate surface area is 341 Å². The molecule has 1 fully saturated rings. The van der Waals surface area contributed by atoms with Gasteiger partial charge in [0.1, 0.15) is 5.75 Å². The van der Waals surface area contributed by atoms with Gasteiger partial charge in [-0.3, -0.25) is 4.79 Å². The molecule has 8 nitrogen and oxygen atoms in total. The summed E-state index contributed by atoms with van der Waals surface area (Å²) in [6.07, 6.45) is 3.19. The molecule has 0 amide bonds. The van der Waals surface area contributed by atoms with Gasteiger partial charge in [0.15, 0.2) is 16.6 Å². The van der Waals surface area contributed by atoms with E-state index in [-0.39, 0.29) is 47.9 Å². The van der Waals surface area contributed by atoms with Crippen molar-refractivity contribution in [1.82, 2.24) is 0 Å². The number of hydrogen-bond donors (Lipinski definition) is 0. The van der Waals surface area contributed by atoms with Gasteiger partial charge in [0, 0.05) is 12.7 Å². The van der Waals surface area contributed by atoms with E-state index >= 15 is 0 Å². The highest BCUT2D eigenvalue weighted by molar-refractivity contribution is 6.99. The molecule has 1 aliphatic rings. The molecular weight excluding hydrogens is 753 g/mol. The lowest BCUT2D eigenvalue weighted by Gasteiger charge is -2.43. The summed E-state index contributed by atoms with van der Waals surface area (Å²) in [6.45, 7) is 23.3. The summed E-state index contributed by atoms with van der Waals surface area (Å²) in [7, 11) is -4.88. The largest absolute Gasteiger partial charge is 0.497 e. The lowest BCUT2D eigenvalue weighted by molar-refractivity contribution is -0.147. The third kappa shape index (κ3) is 14.3. The zero-order chi connectivity index (χ0) is 41.0. The van der Waals surface area contributed by atoms with Crippen LogP contribution >= 0.6 is 0 Å². The van der Waals surface area contributed by atoms with Crippen molar-refractivity contribution in [3.05, 3.63) is 90.5 Å². The summed E-state index contributed by atoms with van der Waals surface area (Å²) in [6, 6.07) is 29.6. The molecule has 0 bridgehead atoms. The van der Waals surface area contributed by atoms with E-state index in [4.69, 9.17) is 32.2 Å². The highest BCUT2D eigenvalue weighted by Crippen LogP contribution is 2.37. The SMILES string of the molecule is CCOC(=O)C[C@@H](C[C@H]1C[C@@H](O[Si](C)(C)C)C[C@@H](C[C@H](CCO[Si](c2ccccc2)(c2ccccc2)C(C)(C)C)OCc2ccc(OC)cc2)O1)O[Si](C)(C)C. The van der Waals surface area contributed by atoms with E-state index in [0.29, 0.717) is 39.1 Å². The monoisotopic (exact) mass is 822 g/mol. The molecule has 0 aromatic heterocycles. The lowest BCUT2D eigenvalue weighted by atomic mass is 9.93. The molecule has 1 heterocycles. The Balaban J connectivity index is 1.61. The summed E-state index contributed by atoms with van der Waals surface area (Å²) < 4.78 is 45.3. The zero-order valence-electron chi connectivity index (χ0n) is 36.1. The molecule has 0 spiro atoms. The van der Waals surface area contributed by atoms with E-state index in [0.717, 1.165) is 24.2 Å². The summed E-state index contributed by atoms with van der Waals surface area (Å²) in [5.74, 6) is 0.587. The predicted octanol–water partition coefficient (Wildman–Crippen LogP) is 9.27. The topological polar surface area (TPSA) is 81.7 Å². The van der Waals surface area contributed by atoms with Crippen LogP contribution in [0, 0.1) is 0 Å². The van der Waals surface area contributed by atoms with Gasteiger partial charge in [-0.25, -0.2) is 0 Å². The third-order valence-corrected chi connectivity index (χ3v) is 17.2. The maximum Gasteiger partial charge on any atom is 0.308 e. The first-order chi connectivity index (χ1) is 26.4. The average molecular weight is 823 g/mol. The van der Waals surface area contributed by atoms with Crippen LogP contribution in [0.15, 0.2) is 84.9 Å². The Bertz CT molecular complexity index is 1550. The average Bonchev–Trinajstić information content (AvgIpc) is 3.11. The van der Waals surface area contributed by atoms with Crippen molar-refractivity contribution in [2.75, 3.05) is 20.3 Å². The molecule has 4 rings (SSSR count). The predicted molar refractivity (Wildman–Crippen MR) is 235 cm³/mol. The number of esters is 1. The second-order valence-electron chi connectivity index (χ2n) is 18.1. The lowest BCUT2D eigenvalue weighted by Crippen LogP contribution is -2.66. The van der Waals surface area contributed by atoms with Gasteiger partial charge in [0.05, 0.1) is 51.2 Å². The van der Waals surface area contributed by atoms with Gasteiger partial charge in [-0.15, -0.1) is 0 Å². The Morgan fingerprint density at radius 3 is 1.82 bits per heavy atom. The van der Waals surface area contributed by atoms with Crippen LogP contribution in [0.1, 0.15) is 71.8 Å². The molecule has 11 heteroatoms. The molecule has 0 unspecified atom stereocenters. The van der Waals surface area contributed by atoms with Crippen LogP contribution in [0.3, 0.4) is 0 Å². The second-order valence-corrected chi connectivity index (χ2v) is 31.3. The van der Waals surface area contributed by atoms with Gasteiger partial charge in [0.25, 0.3) is 8.32 Å². The number of rotatable bonds is 21. The van der Waals surface area contributed by atoms with Crippen LogP contribution in [-0.4, -0.2) is 81.8 Å². The van der Waals surface area contributed by atoms with E-state index in [2.05, 4.69) is 133 Å². The van der Waals surface area contributed by atoms with Gasteiger partial charge >= 0.3 is 5.97 Å². The molecular formula is C45H70O8Si3. The Morgan fingerprint density at radius 2 is 1.34 bits per heavy atom. The van der Waals surface area contributed by atoms with Crippen LogP contribution in [-0.2, 0) is 38.9 Å². The van der Waals surface area contributed by atoms with Crippen LogP contribution in [0.25, 0.3) is 0 Å². The van der Waals surface area contributed by atoms with E-state index in [9.17, 15) is 4.79 Å². The minimum Gasteiger partial charge on any atom is -0.497 e. The Kier molecular flexibility index (Phi) is 17.2. The third-order valence-electron chi connectivity index (χ3n) is 10.0. The fourth-order valence-electron chi connectivity index (χ4n) is 7.94. The quantitative estimate of drug-likeness (QED) is 0.0778. The van der Waals surface area contributed by atoms with Gasteiger partial charge in [-0.05, 0) is 111 Å². The normalized spacial score (nSPS) is 19.3. The fraction of sp³-hybridized carbons (Fsp3) is 0.578. The Hall–Kier alpha value is -2.62. The standard InChI is InChI=1S/C45H70O8Si3/c1-12-48-44(46)33-41(53-55(9,10)11)32-39-31-40(52-54(6,7)8)30-38(51-39)29-37(49-34-35-23-25-36(47-5)26-24-35)27-28-50-56(45(2,3)4,42-19-15-13-16-20-42)43-21-17-14-18-22-43/h13-26,37-41H,12,27-34H2,1-11H3/t37-,38+,39+,40-,41+/m0/s1. The molecule has 0 aliphatic carbocycles. The van der Waals surface area contributed by atoms with E-state index in [1.54, 1.807) is 7.11 Å². The molecule has 0 saturated carbocycles. The molecule has 3 aromatic rings. The van der Waals surface area contributed by atoms with Crippen molar-refractivity contribution in [1.29, 1.82) is 0 Å². The first kappa shape index (κ1) is 46.1. The molecule has 5 atom stereocenters. The molecule has 56 heavy (non-hydrogen) atoms. The number of benzene rings is 3. The Morgan fingerprint density at radius 1 is 0.786 bits per heavy atom. The molecule has 1 aliphatic heterocycles. The van der Waals surface area contributed by atoms with Crippen LogP contribution < -0.4 is 15.1 Å². The maximum atomic E-state index is 12.7. The maximum absolute atomic E-state index is 12.7. The highest BCUT2D eigenvalue weighted by Gasteiger charge is 2.50. The fourth-order valence-corrected chi connectivity index (χ4v) is 14.9. The molecule has 3 aromatic carbocycles. The van der Waals surface area contributed by atoms with Crippen molar-refractivity contribution in [2.24, 2.45) is 0 Å². The van der Waals surface area contributed by atoms with E-state index in [1.807, 2.05) is 19.1 Å². The van der Waals surface area contributed by atoms with Crippen molar-refractivity contribution in [2.45, 2.75) is 148 Å². The number of ether oxygens (including phenoxy) is 4. The smallest absolute Gasteiger partial charge is 0.308 e. The minimum absolute atomic E-state index is 0.0520. The minimum atomic E-state index is -2.74. The van der Waals surface area contributed by atoms with Gasteiger partial charge in [-0.1, -0.05) is 93.6 Å². The number of carbonyl (C=O) groups excluding carboxylic acids is 1. The molecule has 1 saturated heterocycles. The molecule has 0 radical (unpaired) electrons. The van der Waals surface area contributed by atoms with Crippen molar-refractivity contribution < 1.29 is 37.0 Å². The molecule has 0 N–H and O–H groups in total. The first-order valence-corrected chi connectivity index (χ1v) is 29.3. The number of methoxy groups -OCH3 is 1. The number of hydrogen-bond acceptors (Lipinski definition) is 8. The summed E-state index contributed by atoms with van der Waals surface area (Å²) in [5.41, 5.74) is 1.08. The van der Waals surface area contributed by atoms with Crippen molar-refractivity contribution >= 4 is 41.3 Å².